The topological polar surface area (TPSA) is 29.5 Å². The Labute approximate surface area is 149 Å². The Morgan fingerprint density at radius 2 is 1.75 bits per heavy atom. The summed E-state index contributed by atoms with van der Waals surface area (Å²) in [7, 11) is 0. The first kappa shape index (κ1) is 19.8. The molecule has 1 saturated heterocycles. The molecule has 1 heterocycles. The minimum absolute atomic E-state index is 0.163. The second-order valence-corrected chi connectivity index (χ2v) is 8.50. The maximum Gasteiger partial charge on any atom is 0.226 e. The molecule has 1 aliphatic carbocycles. The smallest absolute Gasteiger partial charge is 0.226 e. The van der Waals surface area contributed by atoms with Gasteiger partial charge in [0, 0.05) is 18.5 Å². The molecule has 3 heteroatoms. The van der Waals surface area contributed by atoms with Gasteiger partial charge >= 0.3 is 0 Å². The van der Waals surface area contributed by atoms with Crippen molar-refractivity contribution in [1.29, 1.82) is 0 Å². The number of hydrogen-bond acceptors (Lipinski definition) is 2. The molecule has 0 spiro atoms. The van der Waals surface area contributed by atoms with Crippen molar-refractivity contribution in [3.05, 3.63) is 0 Å². The molecule has 6 unspecified atom stereocenters. The van der Waals surface area contributed by atoms with Gasteiger partial charge in [0.1, 0.15) is 0 Å². The Morgan fingerprint density at radius 3 is 2.21 bits per heavy atom. The van der Waals surface area contributed by atoms with Crippen LogP contribution in [0.5, 0.6) is 0 Å². The molecule has 1 saturated carbocycles. The van der Waals surface area contributed by atoms with E-state index >= 15 is 0 Å². The van der Waals surface area contributed by atoms with Gasteiger partial charge in [0.25, 0.3) is 0 Å². The molecule has 1 aliphatic heterocycles. The second kappa shape index (κ2) is 8.69. The van der Waals surface area contributed by atoms with Gasteiger partial charge in [0.15, 0.2) is 0 Å². The predicted molar refractivity (Wildman–Crippen MR) is 99.9 cm³/mol. The summed E-state index contributed by atoms with van der Waals surface area (Å²) in [6, 6.07) is 0.462. The molecule has 24 heavy (non-hydrogen) atoms. The molecule has 0 bridgehead atoms. The molecule has 0 radical (unpaired) electrons. The van der Waals surface area contributed by atoms with Crippen LogP contribution in [0.4, 0.5) is 0 Å². The second-order valence-electron chi connectivity index (χ2n) is 8.50. The monoisotopic (exact) mass is 337 g/mol. The van der Waals surface area contributed by atoms with Crippen LogP contribution in [0.3, 0.4) is 0 Å². The highest BCUT2D eigenvalue weighted by molar-refractivity contribution is 5.80. The van der Waals surface area contributed by atoms with Gasteiger partial charge in [-0.25, -0.2) is 0 Å². The van der Waals surface area contributed by atoms with E-state index in [2.05, 4.69) is 46.4 Å². The molecule has 2 aliphatic rings. The molecular weight excluding hydrogens is 298 g/mol. The lowest BCUT2D eigenvalue weighted by molar-refractivity contribution is -0.146. The molecule has 6 atom stereocenters. The van der Waals surface area contributed by atoms with E-state index in [0.717, 1.165) is 25.8 Å². The van der Waals surface area contributed by atoms with Crippen LogP contribution < -0.4 is 0 Å². The van der Waals surface area contributed by atoms with Crippen LogP contribution in [0.1, 0.15) is 80.1 Å². The fraction of sp³-hybridized carbons (Fsp3) is 0.952. The summed E-state index contributed by atoms with van der Waals surface area (Å²) in [6.45, 7) is 14.2. The van der Waals surface area contributed by atoms with Crippen molar-refractivity contribution in [2.45, 2.75) is 98.3 Å². The first-order valence-electron chi connectivity index (χ1n) is 10.3. The summed E-state index contributed by atoms with van der Waals surface area (Å²) in [5, 5.41) is 0. The maximum atomic E-state index is 13.6. The molecule has 2 fully saturated rings. The van der Waals surface area contributed by atoms with Crippen molar-refractivity contribution >= 4 is 5.91 Å². The van der Waals surface area contributed by atoms with Gasteiger partial charge < -0.3 is 9.64 Å². The zero-order valence-electron chi connectivity index (χ0n) is 16.8. The molecule has 0 aromatic rings. The SMILES string of the molecule is CCC(C)C(C(=O)N(CC)C1CCCC1C)C1CC(C)OC(C)C1. The quantitative estimate of drug-likeness (QED) is 0.690. The summed E-state index contributed by atoms with van der Waals surface area (Å²) in [6.07, 6.45) is 7.43. The molecule has 2 rings (SSSR count). The van der Waals surface area contributed by atoms with E-state index < -0.39 is 0 Å². The number of amides is 1. The van der Waals surface area contributed by atoms with Gasteiger partial charge in [0.2, 0.25) is 5.91 Å². The van der Waals surface area contributed by atoms with Crippen LogP contribution in [0.25, 0.3) is 0 Å². The highest BCUT2D eigenvalue weighted by atomic mass is 16.5. The Balaban J connectivity index is 2.20. The molecule has 0 aromatic heterocycles. The number of rotatable bonds is 6. The summed E-state index contributed by atoms with van der Waals surface area (Å²) >= 11 is 0. The van der Waals surface area contributed by atoms with Crippen LogP contribution in [0.15, 0.2) is 0 Å². The highest BCUT2D eigenvalue weighted by Gasteiger charge is 2.41. The van der Waals surface area contributed by atoms with Crippen LogP contribution in [-0.4, -0.2) is 35.6 Å². The lowest BCUT2D eigenvalue weighted by atomic mass is 9.74. The third kappa shape index (κ3) is 4.33. The molecule has 0 aromatic carbocycles. The van der Waals surface area contributed by atoms with E-state index in [4.69, 9.17) is 4.74 Å². The van der Waals surface area contributed by atoms with E-state index in [-0.39, 0.29) is 18.1 Å². The van der Waals surface area contributed by atoms with Gasteiger partial charge in [-0.05, 0) is 64.2 Å². The van der Waals surface area contributed by atoms with Crippen LogP contribution in [-0.2, 0) is 9.53 Å². The lowest BCUT2D eigenvalue weighted by Gasteiger charge is -2.42. The Kier molecular flexibility index (Phi) is 7.15. The third-order valence-corrected chi connectivity index (χ3v) is 6.62. The number of ether oxygens (including phenoxy) is 1. The normalized spacial score (nSPS) is 36.3. The first-order chi connectivity index (χ1) is 11.4. The van der Waals surface area contributed by atoms with Crippen molar-refractivity contribution < 1.29 is 9.53 Å². The van der Waals surface area contributed by atoms with Crippen molar-refractivity contribution in [2.75, 3.05) is 6.54 Å². The minimum atomic E-state index is 0.163. The molecule has 0 N–H and O–H groups in total. The lowest BCUT2D eigenvalue weighted by Crippen LogP contribution is -2.49. The third-order valence-electron chi connectivity index (χ3n) is 6.62. The van der Waals surface area contributed by atoms with Crippen molar-refractivity contribution in [2.24, 2.45) is 23.7 Å². The minimum Gasteiger partial charge on any atom is -0.376 e. The van der Waals surface area contributed by atoms with Crippen molar-refractivity contribution in [1.82, 2.24) is 4.90 Å². The first-order valence-corrected chi connectivity index (χ1v) is 10.3. The van der Waals surface area contributed by atoms with Gasteiger partial charge in [-0.15, -0.1) is 0 Å². The van der Waals surface area contributed by atoms with Gasteiger partial charge in [0.05, 0.1) is 12.2 Å². The standard InChI is InChI=1S/C21H39NO2/c1-7-14(3)20(18-12-16(5)24-17(6)13-18)21(23)22(8-2)19-11-9-10-15(19)4/h14-20H,7-13H2,1-6H3. The zero-order chi connectivity index (χ0) is 17.9. The number of carbonyl (C=O) groups is 1. The van der Waals surface area contributed by atoms with E-state index in [9.17, 15) is 4.79 Å². The number of carbonyl (C=O) groups excluding carboxylic acids is 1. The Morgan fingerprint density at radius 1 is 1.12 bits per heavy atom. The maximum absolute atomic E-state index is 13.6. The molecular formula is C21H39NO2. The fourth-order valence-electron chi connectivity index (χ4n) is 5.25. The Hall–Kier alpha value is -0.570. The highest BCUT2D eigenvalue weighted by Crippen LogP contribution is 2.38. The predicted octanol–water partition coefficient (Wildman–Crippen LogP) is 4.89. The van der Waals surface area contributed by atoms with E-state index in [1.54, 1.807) is 0 Å². The van der Waals surface area contributed by atoms with Gasteiger partial charge in [-0.3, -0.25) is 4.79 Å². The average Bonchev–Trinajstić information content (AvgIpc) is 2.93. The fourth-order valence-corrected chi connectivity index (χ4v) is 5.25. The molecule has 140 valence electrons. The van der Waals surface area contributed by atoms with Crippen LogP contribution >= 0.6 is 0 Å². The van der Waals surface area contributed by atoms with Crippen LogP contribution in [0, 0.1) is 23.7 Å². The molecule has 1 amide bonds. The van der Waals surface area contributed by atoms with Crippen molar-refractivity contribution in [3.8, 4) is 0 Å². The van der Waals surface area contributed by atoms with Gasteiger partial charge in [-0.1, -0.05) is 33.6 Å². The van der Waals surface area contributed by atoms with E-state index in [0.29, 0.717) is 29.7 Å². The largest absolute Gasteiger partial charge is 0.376 e. The number of nitrogens with zero attached hydrogens (tertiary/aromatic N) is 1. The van der Waals surface area contributed by atoms with E-state index in [1.807, 2.05) is 0 Å². The zero-order valence-corrected chi connectivity index (χ0v) is 16.8. The molecule has 3 nitrogen and oxygen atoms in total. The van der Waals surface area contributed by atoms with Crippen molar-refractivity contribution in [3.63, 3.8) is 0 Å². The van der Waals surface area contributed by atoms with Crippen LogP contribution in [0.2, 0.25) is 0 Å². The Bertz CT molecular complexity index is 401. The van der Waals surface area contributed by atoms with E-state index in [1.165, 1.54) is 19.3 Å². The summed E-state index contributed by atoms with van der Waals surface area (Å²) in [5.41, 5.74) is 0. The summed E-state index contributed by atoms with van der Waals surface area (Å²) < 4.78 is 5.94. The van der Waals surface area contributed by atoms with Gasteiger partial charge in [-0.2, -0.15) is 0 Å². The number of hydrogen-bond donors (Lipinski definition) is 0. The summed E-state index contributed by atoms with van der Waals surface area (Å²) in [5.74, 6) is 2.16. The summed E-state index contributed by atoms with van der Waals surface area (Å²) in [4.78, 5) is 15.8. The average molecular weight is 338 g/mol.